The second-order valence-corrected chi connectivity index (χ2v) is 43.9. The minimum Gasteiger partial charge on any atom is -0.494 e. The highest BCUT2D eigenvalue weighted by molar-refractivity contribution is 6.23. The minimum absolute atomic E-state index is 0.00688. The van der Waals surface area contributed by atoms with Crippen LogP contribution in [0.3, 0.4) is 0 Å². The quantitative estimate of drug-likeness (QED) is 0.0458. The number of methoxy groups -OCH3 is 4. The number of allylic oxidation sites excluding steroid dienone is 50. The predicted molar refractivity (Wildman–Crippen MR) is 643 cm³/mol. The number of carbonyl (C=O) groups excluding carboxylic acids is 2. The van der Waals surface area contributed by atoms with Crippen LogP contribution in [0.15, 0.2) is 325 Å². The lowest BCUT2D eigenvalue weighted by atomic mass is 9.88. The van der Waals surface area contributed by atoms with Crippen molar-refractivity contribution >= 4 is 11.6 Å². The fourth-order valence-electron chi connectivity index (χ4n) is 18.1. The standard InChI is InChI=1S/C69H110O4.C69H106O4/c2*1-52(2)28-17-29-53(3)30-18-31-54(4)32-19-33-55(5)34-20-35-56(6)36-21-37-57(7)38-22-39-58(8)40-23-41-59(9)42-24-43-60(10)44-25-45-61(11)46-26-47-62(12)48-27-49-63(13)50-51-65-64(14)66(70)68(72-15)69(73-16)67(65)71/h28,30,32,34,36,38,40,42,44,46,48,50,66-67,70-71H,17-27,29,31,33,35,37,39,41,43,45,47,49,51H2,1-16H3;28,30,32,34,36,38,40,42,44,46,48,50H,17-27,29,31,33,35,37,39,41,43,45,47,49,51H2,1-16H3/b2*53-30+,54-32+,55-34+,56-36+,57-38+,58-40+,59-42+,60-44+,61-46+,62-48+,63-50+. The van der Waals surface area contributed by atoms with Crippen LogP contribution in [-0.2, 0) is 28.5 Å². The van der Waals surface area contributed by atoms with Crippen molar-refractivity contribution in [2.75, 3.05) is 28.4 Å². The van der Waals surface area contributed by atoms with Crippen molar-refractivity contribution < 1.29 is 38.7 Å². The third-order valence-corrected chi connectivity index (χ3v) is 28.7. The molecule has 8 nitrogen and oxygen atoms in total. The molecule has 8 heteroatoms. The van der Waals surface area contributed by atoms with E-state index in [2.05, 4.69) is 326 Å². The number of Topliss-reactive ketones (excluding diaryl/α,β-unsaturated/α-hetero) is 2. The summed E-state index contributed by atoms with van der Waals surface area (Å²) in [5.41, 5.74) is 37.8. The number of hydrogen-bond acceptors (Lipinski definition) is 8. The lowest BCUT2D eigenvalue weighted by Gasteiger charge is -2.30. The molecule has 0 radical (unpaired) electrons. The van der Waals surface area contributed by atoms with Gasteiger partial charge in [0.1, 0.15) is 12.2 Å². The SMILES string of the molecule is COC1=C(OC)C(=O)C(C/C=C(\C)CC/C=C(\C)CC/C=C(\C)CC/C=C(\C)CC/C=C(\C)CC/C=C(\C)CC/C=C(\C)CC/C=C(\C)CC/C=C(\C)CC/C=C(\C)CC/C=C(\C)CCC=C(C)C)=C(C)C1=O.COC1=C(OC)C(O)C(C/C=C(\C)CC/C=C(\C)CC/C=C(\C)CC/C=C(\C)CC/C=C(\C)CC/C=C(\C)CC/C=C(\C)CC/C=C(\C)CC/C=C(\C)CC/C=C(\C)CC/C=C(\C)CCC=C(C)C)=C(C)C1O. The predicted octanol–water partition coefficient (Wildman–Crippen LogP) is 42.2. The Morgan fingerprint density at radius 2 is 0.342 bits per heavy atom. The zero-order chi connectivity index (χ0) is 109. The van der Waals surface area contributed by atoms with E-state index in [0.717, 1.165) is 242 Å². The molecule has 2 atom stereocenters. The van der Waals surface area contributed by atoms with Crippen LogP contribution in [0.25, 0.3) is 0 Å². The van der Waals surface area contributed by atoms with Crippen LogP contribution in [0.1, 0.15) is 489 Å². The molecule has 816 valence electrons. The second kappa shape index (κ2) is 83.0. The fraction of sp³-hybridized carbons (Fsp3) is 0.580. The molecule has 0 spiro atoms. The van der Waals surface area contributed by atoms with Gasteiger partial charge in [-0.1, -0.05) is 280 Å². The minimum atomic E-state index is -0.906. The maximum atomic E-state index is 12.9. The maximum Gasteiger partial charge on any atom is 0.228 e. The van der Waals surface area contributed by atoms with E-state index in [-0.39, 0.29) is 34.6 Å². The summed E-state index contributed by atoms with van der Waals surface area (Å²) in [6, 6.07) is 0. The van der Waals surface area contributed by atoms with Crippen LogP contribution in [0.2, 0.25) is 0 Å². The van der Waals surface area contributed by atoms with Crippen molar-refractivity contribution in [1.82, 2.24) is 0 Å². The molecule has 2 aliphatic rings. The first-order chi connectivity index (χ1) is 69.5. The molecule has 2 unspecified atom stereocenters. The molecule has 0 bridgehead atoms. The highest BCUT2D eigenvalue weighted by Gasteiger charge is 2.36. The van der Waals surface area contributed by atoms with Crippen LogP contribution in [0.5, 0.6) is 0 Å². The Hall–Kier alpha value is -8.82. The lowest BCUT2D eigenvalue weighted by molar-refractivity contribution is -0.121. The third-order valence-electron chi connectivity index (χ3n) is 28.7. The van der Waals surface area contributed by atoms with Gasteiger partial charge in [-0.2, -0.15) is 0 Å². The highest BCUT2D eigenvalue weighted by Crippen LogP contribution is 2.36. The Labute approximate surface area is 899 Å². The van der Waals surface area contributed by atoms with Crippen LogP contribution in [0.4, 0.5) is 0 Å². The third kappa shape index (κ3) is 68.0. The Kier molecular flexibility index (Phi) is 76.8. The van der Waals surface area contributed by atoms with Crippen molar-refractivity contribution in [3.8, 4) is 0 Å². The number of ether oxygens (including phenoxy) is 4. The molecule has 0 aromatic heterocycles. The van der Waals surface area contributed by atoms with Crippen molar-refractivity contribution in [3.63, 3.8) is 0 Å². The molecular formula is C138H216O8. The number of ketones is 2. The Morgan fingerprint density at radius 3 is 0.500 bits per heavy atom. The summed E-state index contributed by atoms with van der Waals surface area (Å²) in [7, 11) is 5.76. The normalized spacial score (nSPS) is 16.9. The monoisotopic (exact) mass is 2000 g/mol. The summed E-state index contributed by atoms with van der Waals surface area (Å²) in [6.45, 7) is 62.2. The van der Waals surface area contributed by atoms with Gasteiger partial charge >= 0.3 is 0 Å². The molecule has 0 fully saturated rings. The fourth-order valence-corrected chi connectivity index (χ4v) is 18.1. The summed E-state index contributed by atoms with van der Waals surface area (Å²) in [4.78, 5) is 25.6. The smallest absolute Gasteiger partial charge is 0.228 e. The Morgan fingerprint density at radius 1 is 0.199 bits per heavy atom. The average molecular weight is 2000 g/mol. The van der Waals surface area contributed by atoms with Gasteiger partial charge in [0.25, 0.3) is 0 Å². The van der Waals surface area contributed by atoms with Crippen LogP contribution in [-0.4, -0.2) is 62.4 Å². The van der Waals surface area contributed by atoms with Gasteiger partial charge < -0.3 is 29.2 Å². The van der Waals surface area contributed by atoms with Gasteiger partial charge in [0, 0.05) is 11.1 Å². The first-order valence-corrected chi connectivity index (χ1v) is 56.7. The highest BCUT2D eigenvalue weighted by atomic mass is 16.5. The number of aliphatic hydroxyl groups is 2. The van der Waals surface area contributed by atoms with E-state index in [0.29, 0.717) is 24.0 Å². The molecule has 0 aromatic carbocycles. The molecule has 0 saturated heterocycles. The van der Waals surface area contributed by atoms with Crippen LogP contribution in [0, 0.1) is 0 Å². The van der Waals surface area contributed by atoms with E-state index in [4.69, 9.17) is 18.9 Å². The topological polar surface area (TPSA) is 112 Å². The summed E-state index contributed by atoms with van der Waals surface area (Å²) >= 11 is 0. The average Bonchev–Trinajstić information content (AvgIpc) is 0.791. The van der Waals surface area contributed by atoms with Gasteiger partial charge in [-0.25, -0.2) is 0 Å². The van der Waals surface area contributed by atoms with E-state index in [1.54, 1.807) is 6.92 Å². The van der Waals surface area contributed by atoms with E-state index < -0.39 is 12.2 Å². The molecule has 0 aromatic rings. The number of rotatable bonds is 74. The van der Waals surface area contributed by atoms with Crippen molar-refractivity contribution in [1.29, 1.82) is 0 Å². The first kappa shape index (κ1) is 135. The summed E-state index contributed by atoms with van der Waals surface area (Å²) in [5, 5.41) is 21.5. The van der Waals surface area contributed by atoms with Crippen LogP contribution < -0.4 is 0 Å². The van der Waals surface area contributed by atoms with E-state index in [9.17, 15) is 19.8 Å². The summed E-state index contributed by atoms with van der Waals surface area (Å²) < 4.78 is 21.0. The van der Waals surface area contributed by atoms with Crippen LogP contribution >= 0.6 is 0 Å². The maximum absolute atomic E-state index is 12.9. The molecule has 0 heterocycles. The van der Waals surface area contributed by atoms with Gasteiger partial charge in [-0.15, -0.1) is 0 Å². The second-order valence-electron chi connectivity index (χ2n) is 43.9. The number of aliphatic hydroxyl groups excluding tert-OH is 2. The van der Waals surface area contributed by atoms with Gasteiger partial charge in [0.05, 0.1) is 28.4 Å². The van der Waals surface area contributed by atoms with Gasteiger partial charge in [0.2, 0.25) is 23.1 Å². The molecule has 146 heavy (non-hydrogen) atoms. The van der Waals surface area contributed by atoms with Crippen molar-refractivity contribution in [2.24, 2.45) is 0 Å². The molecule has 0 saturated carbocycles. The molecular weight excluding hydrogens is 1790 g/mol. The molecule has 0 amide bonds. The van der Waals surface area contributed by atoms with Gasteiger partial charge in [-0.05, 0) is 500 Å². The number of hydrogen-bond donors (Lipinski definition) is 2. The molecule has 2 N–H and O–H groups in total. The molecule has 2 rings (SSSR count). The van der Waals surface area contributed by atoms with Gasteiger partial charge in [-0.3, -0.25) is 9.59 Å². The zero-order valence-corrected chi connectivity index (χ0v) is 99.9. The van der Waals surface area contributed by atoms with Gasteiger partial charge in [0.15, 0.2) is 11.5 Å². The zero-order valence-electron chi connectivity index (χ0n) is 99.9. The number of carbonyl (C=O) groups is 2. The molecule has 2 aliphatic carbocycles. The van der Waals surface area contributed by atoms with E-state index in [1.807, 2.05) is 6.92 Å². The lowest BCUT2D eigenvalue weighted by Crippen LogP contribution is -2.31. The van der Waals surface area contributed by atoms with Crippen molar-refractivity contribution in [3.05, 3.63) is 325 Å². The summed E-state index contributed by atoms with van der Waals surface area (Å²) in [5.74, 6) is -0.00375. The van der Waals surface area contributed by atoms with Crippen molar-refractivity contribution in [2.45, 2.75) is 501 Å². The largest absolute Gasteiger partial charge is 0.494 e. The summed E-state index contributed by atoms with van der Waals surface area (Å²) in [6.07, 6.45) is 106. The Balaban J connectivity index is 0.00000146. The Bertz CT molecular complexity index is 4870. The molecule has 0 aliphatic heterocycles. The first-order valence-electron chi connectivity index (χ1n) is 56.7. The van der Waals surface area contributed by atoms with E-state index in [1.165, 1.54) is 214 Å². The van der Waals surface area contributed by atoms with E-state index >= 15 is 0 Å².